The predicted molar refractivity (Wildman–Crippen MR) is 64.9 cm³/mol. The van der Waals surface area contributed by atoms with Crippen molar-refractivity contribution in [3.05, 3.63) is 52.9 Å². The Morgan fingerprint density at radius 2 is 2.06 bits per heavy atom. The molecular formula is C13H15F2N3. The van der Waals surface area contributed by atoms with Crippen molar-refractivity contribution in [2.75, 3.05) is 0 Å². The molecule has 0 saturated carbocycles. The van der Waals surface area contributed by atoms with Crippen LogP contribution in [0.2, 0.25) is 0 Å². The third-order valence-corrected chi connectivity index (χ3v) is 2.89. The minimum Gasteiger partial charge on any atom is -0.324 e. The lowest BCUT2D eigenvalue weighted by Gasteiger charge is -2.13. The van der Waals surface area contributed by atoms with E-state index < -0.39 is 17.7 Å². The molecule has 5 heteroatoms. The summed E-state index contributed by atoms with van der Waals surface area (Å²) < 4.78 is 28.4. The third kappa shape index (κ3) is 2.56. The summed E-state index contributed by atoms with van der Waals surface area (Å²) in [4.78, 5) is 0. The van der Waals surface area contributed by atoms with Gasteiger partial charge in [-0.25, -0.2) is 8.78 Å². The Morgan fingerprint density at radius 1 is 1.33 bits per heavy atom. The zero-order valence-electron chi connectivity index (χ0n) is 10.3. The largest absolute Gasteiger partial charge is 0.324 e. The lowest BCUT2D eigenvalue weighted by molar-refractivity contribution is 0.553. The maximum absolute atomic E-state index is 13.6. The van der Waals surface area contributed by atoms with Gasteiger partial charge in [-0.3, -0.25) is 4.68 Å². The maximum Gasteiger partial charge on any atom is 0.128 e. The van der Waals surface area contributed by atoms with Crippen molar-refractivity contribution in [1.29, 1.82) is 0 Å². The summed E-state index contributed by atoms with van der Waals surface area (Å²) in [6.45, 7) is 1.87. The van der Waals surface area contributed by atoms with Crippen LogP contribution in [0.5, 0.6) is 0 Å². The van der Waals surface area contributed by atoms with Crippen LogP contribution in [0.3, 0.4) is 0 Å². The summed E-state index contributed by atoms with van der Waals surface area (Å²) in [7, 11) is 1.80. The van der Waals surface area contributed by atoms with Crippen molar-refractivity contribution in [3.8, 4) is 0 Å². The molecule has 1 heterocycles. The Labute approximate surface area is 104 Å². The van der Waals surface area contributed by atoms with E-state index in [4.69, 9.17) is 5.73 Å². The van der Waals surface area contributed by atoms with Crippen LogP contribution >= 0.6 is 0 Å². The van der Waals surface area contributed by atoms with Gasteiger partial charge in [-0.15, -0.1) is 0 Å². The third-order valence-electron chi connectivity index (χ3n) is 2.89. The summed E-state index contributed by atoms with van der Waals surface area (Å²) in [5.41, 5.74) is 7.88. The van der Waals surface area contributed by atoms with Gasteiger partial charge in [0.2, 0.25) is 0 Å². The van der Waals surface area contributed by atoms with Gasteiger partial charge in [-0.1, -0.05) is 0 Å². The van der Waals surface area contributed by atoms with E-state index in [-0.39, 0.29) is 5.56 Å². The zero-order valence-corrected chi connectivity index (χ0v) is 10.3. The fourth-order valence-corrected chi connectivity index (χ4v) is 1.99. The molecule has 1 aromatic carbocycles. The van der Waals surface area contributed by atoms with E-state index in [9.17, 15) is 8.78 Å². The number of nitrogens with zero attached hydrogens (tertiary/aromatic N) is 2. The molecule has 0 bridgehead atoms. The highest BCUT2D eigenvalue weighted by Gasteiger charge is 2.15. The number of rotatable bonds is 3. The van der Waals surface area contributed by atoms with Gasteiger partial charge >= 0.3 is 0 Å². The molecule has 2 aromatic rings. The van der Waals surface area contributed by atoms with Crippen molar-refractivity contribution in [2.45, 2.75) is 19.4 Å². The predicted octanol–water partition coefficient (Wildman–Crippen LogP) is 2.25. The van der Waals surface area contributed by atoms with Gasteiger partial charge in [-0.05, 0) is 31.2 Å². The number of hydrogen-bond donors (Lipinski definition) is 1. The lowest BCUT2D eigenvalue weighted by Crippen LogP contribution is -2.17. The topological polar surface area (TPSA) is 43.8 Å². The monoisotopic (exact) mass is 251 g/mol. The maximum atomic E-state index is 13.6. The van der Waals surface area contributed by atoms with Gasteiger partial charge in [0.25, 0.3) is 0 Å². The van der Waals surface area contributed by atoms with Gasteiger partial charge in [-0.2, -0.15) is 5.10 Å². The minimum atomic E-state index is -0.588. The number of hydrogen-bond acceptors (Lipinski definition) is 2. The van der Waals surface area contributed by atoms with Crippen molar-refractivity contribution in [1.82, 2.24) is 9.78 Å². The van der Waals surface area contributed by atoms with Gasteiger partial charge in [0.05, 0.1) is 5.69 Å². The summed E-state index contributed by atoms with van der Waals surface area (Å²) in [5.74, 6) is -0.967. The average molecular weight is 251 g/mol. The Bertz CT molecular complexity index is 563. The summed E-state index contributed by atoms with van der Waals surface area (Å²) >= 11 is 0. The molecule has 2 rings (SSSR count). The van der Waals surface area contributed by atoms with E-state index in [1.807, 2.05) is 13.0 Å². The fourth-order valence-electron chi connectivity index (χ4n) is 1.99. The second-order valence-corrected chi connectivity index (χ2v) is 4.38. The second-order valence-electron chi connectivity index (χ2n) is 4.38. The van der Waals surface area contributed by atoms with Crippen molar-refractivity contribution in [3.63, 3.8) is 0 Å². The molecule has 0 aliphatic carbocycles. The highest BCUT2D eigenvalue weighted by molar-refractivity contribution is 5.24. The van der Waals surface area contributed by atoms with Crippen LogP contribution in [0, 0.1) is 18.6 Å². The highest BCUT2D eigenvalue weighted by Crippen LogP contribution is 2.20. The molecule has 1 atom stereocenters. The number of benzene rings is 1. The molecule has 3 nitrogen and oxygen atoms in total. The van der Waals surface area contributed by atoms with E-state index in [0.717, 1.165) is 29.6 Å². The fraction of sp³-hybridized carbons (Fsp3) is 0.308. The second kappa shape index (κ2) is 4.86. The van der Waals surface area contributed by atoms with Crippen LogP contribution in [-0.4, -0.2) is 9.78 Å². The number of aromatic nitrogens is 2. The first-order chi connectivity index (χ1) is 8.47. The molecule has 1 aromatic heterocycles. The molecule has 0 radical (unpaired) electrons. The van der Waals surface area contributed by atoms with E-state index in [0.29, 0.717) is 6.42 Å². The molecular weight excluding hydrogens is 236 g/mol. The van der Waals surface area contributed by atoms with Crippen LogP contribution in [0.25, 0.3) is 0 Å². The normalized spacial score (nSPS) is 12.7. The molecule has 0 spiro atoms. The van der Waals surface area contributed by atoms with Crippen molar-refractivity contribution >= 4 is 0 Å². The molecule has 0 saturated heterocycles. The Kier molecular flexibility index (Phi) is 3.43. The van der Waals surface area contributed by atoms with Gasteiger partial charge < -0.3 is 5.73 Å². The molecule has 0 aliphatic rings. The van der Waals surface area contributed by atoms with Gasteiger partial charge in [0.1, 0.15) is 11.6 Å². The molecule has 96 valence electrons. The van der Waals surface area contributed by atoms with Crippen LogP contribution in [0.1, 0.15) is 23.0 Å². The first-order valence-electron chi connectivity index (χ1n) is 5.67. The SMILES string of the molecule is Cc1cc(CC(N)c2cc(F)ccc2F)n(C)n1. The van der Waals surface area contributed by atoms with Crippen LogP contribution in [0.15, 0.2) is 24.3 Å². The smallest absolute Gasteiger partial charge is 0.128 e. The summed E-state index contributed by atoms with van der Waals surface area (Å²) in [5, 5.41) is 4.19. The summed E-state index contributed by atoms with van der Waals surface area (Å²) in [6, 6.07) is 4.62. The van der Waals surface area contributed by atoms with Crippen LogP contribution in [-0.2, 0) is 13.5 Å². The zero-order chi connectivity index (χ0) is 13.3. The Morgan fingerprint density at radius 3 is 2.67 bits per heavy atom. The Hall–Kier alpha value is -1.75. The van der Waals surface area contributed by atoms with E-state index in [1.54, 1.807) is 11.7 Å². The quantitative estimate of drug-likeness (QED) is 0.909. The number of aryl methyl sites for hydroxylation is 2. The molecule has 1 unspecified atom stereocenters. The summed E-state index contributed by atoms with van der Waals surface area (Å²) in [6.07, 6.45) is 0.414. The van der Waals surface area contributed by atoms with Crippen LogP contribution < -0.4 is 5.73 Å². The number of nitrogens with two attached hydrogens (primary N) is 1. The van der Waals surface area contributed by atoms with Crippen molar-refractivity contribution in [2.24, 2.45) is 12.8 Å². The lowest BCUT2D eigenvalue weighted by atomic mass is 10.0. The molecule has 0 fully saturated rings. The number of halogens is 2. The van der Waals surface area contributed by atoms with Gasteiger partial charge in [0, 0.05) is 30.8 Å². The average Bonchev–Trinajstić information content (AvgIpc) is 2.61. The Balaban J connectivity index is 2.24. The molecule has 0 amide bonds. The molecule has 2 N–H and O–H groups in total. The van der Waals surface area contributed by atoms with Crippen LogP contribution in [0.4, 0.5) is 8.78 Å². The standard InChI is InChI=1S/C13H15F2N3/c1-8-5-10(18(2)17-8)7-13(16)11-6-9(14)3-4-12(11)15/h3-6,13H,7,16H2,1-2H3. The first kappa shape index (κ1) is 12.7. The van der Waals surface area contributed by atoms with E-state index >= 15 is 0 Å². The minimum absolute atomic E-state index is 0.189. The van der Waals surface area contributed by atoms with E-state index in [1.165, 1.54) is 0 Å². The van der Waals surface area contributed by atoms with Crippen molar-refractivity contribution < 1.29 is 8.78 Å². The molecule has 0 aliphatic heterocycles. The first-order valence-corrected chi connectivity index (χ1v) is 5.67. The van der Waals surface area contributed by atoms with Gasteiger partial charge in [0.15, 0.2) is 0 Å². The van der Waals surface area contributed by atoms with E-state index in [2.05, 4.69) is 5.10 Å². The highest BCUT2D eigenvalue weighted by atomic mass is 19.1. The molecule has 18 heavy (non-hydrogen) atoms.